The minimum Gasteiger partial charge on any atom is -0.381 e. The lowest BCUT2D eigenvalue weighted by atomic mass is 10.1. The molecule has 1 saturated heterocycles. The molecule has 1 aliphatic heterocycles. The topological polar surface area (TPSA) is 71.5 Å². The molecule has 0 spiro atoms. The fourth-order valence-electron chi connectivity index (χ4n) is 2.30. The summed E-state index contributed by atoms with van der Waals surface area (Å²) in [6.07, 6.45) is 3.05. The highest BCUT2D eigenvalue weighted by Gasteiger charge is 2.31. The fourth-order valence-corrected chi connectivity index (χ4v) is 3.83. The van der Waals surface area contributed by atoms with Gasteiger partial charge in [0.2, 0.25) is 10.0 Å². The zero-order valence-electron chi connectivity index (χ0n) is 11.9. The minimum absolute atomic E-state index is 0.0107. The summed E-state index contributed by atoms with van der Waals surface area (Å²) in [5, 5.41) is 3.00. The Morgan fingerprint density at radius 1 is 1.45 bits per heavy atom. The van der Waals surface area contributed by atoms with Crippen LogP contribution in [0, 0.1) is 0 Å². The molecule has 7 heteroatoms. The van der Waals surface area contributed by atoms with Gasteiger partial charge >= 0.3 is 0 Å². The van der Waals surface area contributed by atoms with Crippen LogP contribution in [0.3, 0.4) is 0 Å². The summed E-state index contributed by atoms with van der Waals surface area (Å²) in [4.78, 5) is 4.35. The lowest BCUT2D eigenvalue weighted by Crippen LogP contribution is -2.40. The van der Waals surface area contributed by atoms with E-state index in [4.69, 9.17) is 4.74 Å². The molecule has 1 aromatic rings. The van der Waals surface area contributed by atoms with Gasteiger partial charge in [-0.3, -0.25) is 0 Å². The number of nitrogens with zero attached hydrogens (tertiary/aromatic N) is 2. The van der Waals surface area contributed by atoms with Crippen molar-refractivity contribution in [2.24, 2.45) is 0 Å². The standard InChI is InChI=1S/C13H21N3O3S/c1-3-14-13-12(5-4-8-15-13)20(17,18)16(2)11-6-9-19-10-7-11/h4-5,8,11H,3,6-7,9-10H2,1-2H3,(H,14,15). The Hall–Kier alpha value is -1.18. The molecule has 0 bridgehead atoms. The van der Waals surface area contributed by atoms with Crippen molar-refractivity contribution >= 4 is 15.8 Å². The molecule has 1 aliphatic rings. The quantitative estimate of drug-likeness (QED) is 0.887. The van der Waals surface area contributed by atoms with E-state index < -0.39 is 10.0 Å². The first-order valence-electron chi connectivity index (χ1n) is 6.82. The Balaban J connectivity index is 2.29. The van der Waals surface area contributed by atoms with E-state index in [9.17, 15) is 8.42 Å². The average molecular weight is 299 g/mol. The Morgan fingerprint density at radius 3 is 2.80 bits per heavy atom. The van der Waals surface area contributed by atoms with Crippen LogP contribution >= 0.6 is 0 Å². The second-order valence-corrected chi connectivity index (χ2v) is 6.71. The van der Waals surface area contributed by atoms with E-state index >= 15 is 0 Å². The number of pyridine rings is 1. The first-order valence-corrected chi connectivity index (χ1v) is 8.26. The van der Waals surface area contributed by atoms with Gasteiger partial charge in [-0.05, 0) is 31.9 Å². The highest BCUT2D eigenvalue weighted by atomic mass is 32.2. The molecule has 1 aromatic heterocycles. The fraction of sp³-hybridized carbons (Fsp3) is 0.615. The van der Waals surface area contributed by atoms with Crippen molar-refractivity contribution < 1.29 is 13.2 Å². The monoisotopic (exact) mass is 299 g/mol. The van der Waals surface area contributed by atoms with Crippen molar-refractivity contribution in [3.63, 3.8) is 0 Å². The molecular formula is C13H21N3O3S. The summed E-state index contributed by atoms with van der Waals surface area (Å²) < 4.78 is 32.2. The third-order valence-electron chi connectivity index (χ3n) is 3.48. The predicted molar refractivity (Wildman–Crippen MR) is 77.2 cm³/mol. The molecule has 0 aliphatic carbocycles. The Labute approximate surface area is 120 Å². The molecular weight excluding hydrogens is 278 g/mol. The largest absolute Gasteiger partial charge is 0.381 e. The zero-order chi connectivity index (χ0) is 14.6. The second-order valence-electron chi connectivity index (χ2n) is 4.75. The summed E-state index contributed by atoms with van der Waals surface area (Å²) in [5.41, 5.74) is 0. The number of rotatable bonds is 5. The van der Waals surface area contributed by atoms with Gasteiger partial charge in [0.25, 0.3) is 0 Å². The van der Waals surface area contributed by atoms with Gasteiger partial charge in [-0.2, -0.15) is 4.31 Å². The van der Waals surface area contributed by atoms with Gasteiger partial charge in [-0.1, -0.05) is 0 Å². The van der Waals surface area contributed by atoms with Crippen molar-refractivity contribution in [3.05, 3.63) is 18.3 Å². The van der Waals surface area contributed by atoms with Crippen LogP contribution in [-0.4, -0.2) is 50.6 Å². The van der Waals surface area contributed by atoms with Gasteiger partial charge in [0.15, 0.2) is 0 Å². The maximum absolute atomic E-state index is 12.7. The molecule has 0 aromatic carbocycles. The van der Waals surface area contributed by atoms with Crippen LogP contribution in [0.4, 0.5) is 5.82 Å². The molecule has 2 heterocycles. The maximum Gasteiger partial charge on any atom is 0.246 e. The smallest absolute Gasteiger partial charge is 0.246 e. The summed E-state index contributed by atoms with van der Waals surface area (Å²) in [5.74, 6) is 0.411. The van der Waals surface area contributed by atoms with Crippen LogP contribution < -0.4 is 5.32 Å². The molecule has 2 rings (SSSR count). The second kappa shape index (κ2) is 6.51. The van der Waals surface area contributed by atoms with Gasteiger partial charge < -0.3 is 10.1 Å². The molecule has 112 valence electrons. The van der Waals surface area contributed by atoms with Gasteiger partial charge in [0.05, 0.1) is 0 Å². The van der Waals surface area contributed by atoms with E-state index in [-0.39, 0.29) is 10.9 Å². The van der Waals surface area contributed by atoms with Crippen molar-refractivity contribution in [2.75, 3.05) is 32.1 Å². The highest BCUT2D eigenvalue weighted by Crippen LogP contribution is 2.25. The molecule has 20 heavy (non-hydrogen) atoms. The highest BCUT2D eigenvalue weighted by molar-refractivity contribution is 7.89. The van der Waals surface area contributed by atoms with Crippen LogP contribution in [0.15, 0.2) is 23.2 Å². The van der Waals surface area contributed by atoms with Crippen LogP contribution in [0.25, 0.3) is 0 Å². The summed E-state index contributed by atoms with van der Waals surface area (Å²) in [7, 11) is -1.91. The lowest BCUT2D eigenvalue weighted by molar-refractivity contribution is 0.0632. The van der Waals surface area contributed by atoms with E-state index in [1.54, 1.807) is 25.4 Å². The maximum atomic E-state index is 12.7. The van der Waals surface area contributed by atoms with E-state index in [0.717, 1.165) is 12.8 Å². The number of hydrogen-bond donors (Lipinski definition) is 1. The first kappa shape index (κ1) is 15.2. The van der Waals surface area contributed by atoms with Crippen molar-refractivity contribution in [3.8, 4) is 0 Å². The zero-order valence-corrected chi connectivity index (χ0v) is 12.7. The summed E-state index contributed by atoms with van der Waals surface area (Å²) >= 11 is 0. The normalized spacial score (nSPS) is 17.4. The molecule has 1 N–H and O–H groups in total. The van der Waals surface area contributed by atoms with Gasteiger partial charge in [-0.15, -0.1) is 0 Å². The van der Waals surface area contributed by atoms with E-state index in [1.807, 2.05) is 6.92 Å². The number of sulfonamides is 1. The third-order valence-corrected chi connectivity index (χ3v) is 5.42. The summed E-state index contributed by atoms with van der Waals surface area (Å²) in [6, 6.07) is 3.23. The van der Waals surface area contributed by atoms with Gasteiger partial charge in [-0.25, -0.2) is 13.4 Å². The number of hydrogen-bond acceptors (Lipinski definition) is 5. The average Bonchev–Trinajstić information content (AvgIpc) is 2.48. The minimum atomic E-state index is -3.54. The molecule has 0 atom stereocenters. The Morgan fingerprint density at radius 2 is 2.15 bits per heavy atom. The van der Waals surface area contributed by atoms with Crippen molar-refractivity contribution in [1.29, 1.82) is 0 Å². The predicted octanol–water partition coefficient (Wildman–Crippen LogP) is 1.31. The molecule has 0 unspecified atom stereocenters. The number of ether oxygens (including phenoxy) is 1. The molecule has 0 amide bonds. The van der Waals surface area contributed by atoms with E-state index in [1.165, 1.54) is 4.31 Å². The number of aromatic nitrogens is 1. The van der Waals surface area contributed by atoms with Crippen LogP contribution in [0.2, 0.25) is 0 Å². The van der Waals surface area contributed by atoms with E-state index in [0.29, 0.717) is 25.6 Å². The van der Waals surface area contributed by atoms with Crippen LogP contribution in [-0.2, 0) is 14.8 Å². The molecule has 6 nitrogen and oxygen atoms in total. The third kappa shape index (κ3) is 3.11. The van der Waals surface area contributed by atoms with Crippen LogP contribution in [0.5, 0.6) is 0 Å². The molecule has 1 fully saturated rings. The number of nitrogens with one attached hydrogen (secondary N) is 1. The Bertz CT molecular complexity index is 542. The van der Waals surface area contributed by atoms with Gasteiger partial charge in [0.1, 0.15) is 10.7 Å². The van der Waals surface area contributed by atoms with Crippen molar-refractivity contribution in [2.45, 2.75) is 30.7 Å². The van der Waals surface area contributed by atoms with E-state index in [2.05, 4.69) is 10.3 Å². The van der Waals surface area contributed by atoms with Gasteiger partial charge in [0, 0.05) is 39.0 Å². The molecule has 0 radical (unpaired) electrons. The number of anilines is 1. The summed E-state index contributed by atoms with van der Waals surface area (Å²) in [6.45, 7) is 3.75. The lowest BCUT2D eigenvalue weighted by Gasteiger charge is -2.30. The Kier molecular flexibility index (Phi) is 4.95. The SMILES string of the molecule is CCNc1ncccc1S(=O)(=O)N(C)C1CCOCC1. The van der Waals surface area contributed by atoms with Crippen molar-refractivity contribution in [1.82, 2.24) is 9.29 Å². The van der Waals surface area contributed by atoms with Crippen LogP contribution in [0.1, 0.15) is 19.8 Å². The molecule has 0 saturated carbocycles. The first-order chi connectivity index (χ1) is 9.57.